The van der Waals surface area contributed by atoms with Gasteiger partial charge in [0.05, 0.1) is 13.2 Å². The first-order valence-corrected chi connectivity index (χ1v) is 8.72. The lowest BCUT2D eigenvalue weighted by Crippen LogP contribution is -2.37. The van der Waals surface area contributed by atoms with E-state index in [2.05, 4.69) is 41.1 Å². The molecule has 4 rings (SSSR count). The van der Waals surface area contributed by atoms with Gasteiger partial charge in [0, 0.05) is 44.6 Å². The first-order valence-electron chi connectivity index (χ1n) is 8.72. The average molecular weight is 352 g/mol. The van der Waals surface area contributed by atoms with Gasteiger partial charge in [-0.05, 0) is 18.6 Å². The van der Waals surface area contributed by atoms with Crippen molar-refractivity contribution in [3.05, 3.63) is 30.2 Å². The molecule has 1 atom stereocenters. The molecule has 2 aromatic rings. The minimum Gasteiger partial charge on any atom is -0.378 e. The molecular weight excluding hydrogens is 332 g/mol. The van der Waals surface area contributed by atoms with E-state index in [1.807, 2.05) is 6.07 Å². The van der Waals surface area contributed by atoms with Crippen LogP contribution in [0, 0.1) is 11.3 Å². The van der Waals surface area contributed by atoms with Crippen molar-refractivity contribution in [2.24, 2.45) is 0 Å². The van der Waals surface area contributed by atoms with Gasteiger partial charge >= 0.3 is 0 Å². The Kier molecular flexibility index (Phi) is 4.75. The zero-order valence-electron chi connectivity index (χ0n) is 14.4. The molecule has 1 unspecified atom stereocenters. The van der Waals surface area contributed by atoms with Gasteiger partial charge in [-0.3, -0.25) is 0 Å². The molecule has 0 aliphatic carbocycles. The summed E-state index contributed by atoms with van der Waals surface area (Å²) in [6.07, 6.45) is 4.34. The van der Waals surface area contributed by atoms with Crippen LogP contribution in [0.5, 0.6) is 0 Å². The van der Waals surface area contributed by atoms with E-state index in [0.29, 0.717) is 17.6 Å². The van der Waals surface area contributed by atoms with E-state index in [9.17, 15) is 0 Å². The van der Waals surface area contributed by atoms with Crippen LogP contribution >= 0.6 is 0 Å². The Balaban J connectivity index is 1.40. The number of morpholine rings is 1. The van der Waals surface area contributed by atoms with Crippen molar-refractivity contribution in [2.45, 2.75) is 12.5 Å². The maximum absolute atomic E-state index is 8.99. The molecular formula is C17H20N8O. The Hall–Kier alpha value is -2.99. The van der Waals surface area contributed by atoms with Gasteiger partial charge in [-0.25, -0.2) is 15.0 Å². The van der Waals surface area contributed by atoms with Crippen LogP contribution in [0.25, 0.3) is 0 Å². The smallest absolute Gasteiger partial charge is 0.226 e. The number of nitriles is 1. The molecule has 134 valence electrons. The van der Waals surface area contributed by atoms with Gasteiger partial charge in [-0.1, -0.05) is 0 Å². The topological polar surface area (TPSA) is 103 Å². The van der Waals surface area contributed by atoms with Crippen LogP contribution in [-0.4, -0.2) is 65.4 Å². The Morgan fingerprint density at radius 3 is 2.77 bits per heavy atom. The summed E-state index contributed by atoms with van der Waals surface area (Å²) in [5.41, 5.74) is 0.382. The Bertz CT molecular complexity index is 801. The predicted molar refractivity (Wildman–Crippen MR) is 96.1 cm³/mol. The van der Waals surface area contributed by atoms with E-state index < -0.39 is 0 Å². The largest absolute Gasteiger partial charge is 0.378 e. The fraction of sp³-hybridized carbons (Fsp3) is 0.471. The molecule has 0 saturated carbocycles. The molecule has 0 bridgehead atoms. The van der Waals surface area contributed by atoms with Crippen molar-refractivity contribution < 1.29 is 4.74 Å². The number of anilines is 3. The van der Waals surface area contributed by atoms with Crippen molar-refractivity contribution in [3.8, 4) is 6.07 Å². The summed E-state index contributed by atoms with van der Waals surface area (Å²) in [7, 11) is 0. The van der Waals surface area contributed by atoms with Crippen molar-refractivity contribution in [3.63, 3.8) is 0 Å². The SMILES string of the molecule is N#Cc1ccnc(N2CCC(Nc3nccc(N4CCOCC4)n3)C2)n1. The molecule has 9 heteroatoms. The van der Waals surface area contributed by atoms with Gasteiger partial charge in [0.15, 0.2) is 0 Å². The van der Waals surface area contributed by atoms with Crippen molar-refractivity contribution in [2.75, 3.05) is 54.5 Å². The third kappa shape index (κ3) is 3.65. The van der Waals surface area contributed by atoms with Crippen LogP contribution in [0.1, 0.15) is 12.1 Å². The number of aromatic nitrogens is 4. The van der Waals surface area contributed by atoms with E-state index in [0.717, 1.165) is 51.6 Å². The van der Waals surface area contributed by atoms with Crippen LogP contribution in [-0.2, 0) is 4.74 Å². The summed E-state index contributed by atoms with van der Waals surface area (Å²) >= 11 is 0. The summed E-state index contributed by atoms with van der Waals surface area (Å²) in [5.74, 6) is 2.15. The number of hydrogen-bond acceptors (Lipinski definition) is 9. The van der Waals surface area contributed by atoms with E-state index in [1.165, 1.54) is 0 Å². The quantitative estimate of drug-likeness (QED) is 0.850. The third-order valence-electron chi connectivity index (χ3n) is 4.54. The Morgan fingerprint density at radius 1 is 1.08 bits per heavy atom. The second-order valence-electron chi connectivity index (χ2n) is 6.27. The maximum Gasteiger partial charge on any atom is 0.226 e. The molecule has 1 N–H and O–H groups in total. The van der Waals surface area contributed by atoms with Gasteiger partial charge in [-0.15, -0.1) is 0 Å². The fourth-order valence-corrected chi connectivity index (χ4v) is 3.19. The lowest BCUT2D eigenvalue weighted by molar-refractivity contribution is 0.122. The standard InChI is InChI=1S/C17H20N8O/c18-11-13-1-4-20-17(22-13)25-6-3-14(12-25)21-16-19-5-2-15(23-16)24-7-9-26-10-8-24/h1-2,4-5,14H,3,6-10,12H2,(H,19,21,23). The fourth-order valence-electron chi connectivity index (χ4n) is 3.19. The average Bonchev–Trinajstić information content (AvgIpc) is 3.17. The van der Waals surface area contributed by atoms with E-state index >= 15 is 0 Å². The molecule has 0 aromatic carbocycles. The molecule has 26 heavy (non-hydrogen) atoms. The highest BCUT2D eigenvalue weighted by Crippen LogP contribution is 2.19. The van der Waals surface area contributed by atoms with Gasteiger partial charge in [-0.2, -0.15) is 10.2 Å². The molecule has 2 fully saturated rings. The van der Waals surface area contributed by atoms with Gasteiger partial charge in [0.2, 0.25) is 11.9 Å². The Morgan fingerprint density at radius 2 is 1.92 bits per heavy atom. The first kappa shape index (κ1) is 16.5. The number of nitrogens with zero attached hydrogens (tertiary/aromatic N) is 7. The molecule has 0 spiro atoms. The zero-order valence-corrected chi connectivity index (χ0v) is 14.4. The van der Waals surface area contributed by atoms with Crippen molar-refractivity contribution in [1.82, 2.24) is 19.9 Å². The van der Waals surface area contributed by atoms with Crippen LogP contribution in [0.15, 0.2) is 24.5 Å². The summed E-state index contributed by atoms with van der Waals surface area (Å²) in [6, 6.07) is 5.81. The highest BCUT2D eigenvalue weighted by molar-refractivity contribution is 5.44. The second-order valence-corrected chi connectivity index (χ2v) is 6.27. The summed E-state index contributed by atoms with van der Waals surface area (Å²) < 4.78 is 5.39. The lowest BCUT2D eigenvalue weighted by Gasteiger charge is -2.28. The third-order valence-corrected chi connectivity index (χ3v) is 4.54. The molecule has 0 radical (unpaired) electrons. The molecule has 2 saturated heterocycles. The molecule has 2 aliphatic rings. The minimum atomic E-state index is 0.212. The van der Waals surface area contributed by atoms with Crippen LogP contribution in [0.3, 0.4) is 0 Å². The highest BCUT2D eigenvalue weighted by Gasteiger charge is 2.25. The molecule has 2 aromatic heterocycles. The van der Waals surface area contributed by atoms with Crippen molar-refractivity contribution >= 4 is 17.7 Å². The number of hydrogen-bond donors (Lipinski definition) is 1. The number of nitrogens with one attached hydrogen (secondary N) is 1. The summed E-state index contributed by atoms with van der Waals surface area (Å²) in [5, 5.41) is 12.4. The highest BCUT2D eigenvalue weighted by atomic mass is 16.5. The molecule has 0 amide bonds. The lowest BCUT2D eigenvalue weighted by atomic mass is 10.3. The summed E-state index contributed by atoms with van der Waals surface area (Å²) in [6.45, 7) is 4.73. The molecule has 4 heterocycles. The monoisotopic (exact) mass is 352 g/mol. The maximum atomic E-state index is 8.99. The number of ether oxygens (including phenoxy) is 1. The normalized spacial score (nSPS) is 20.0. The van der Waals surface area contributed by atoms with E-state index in [-0.39, 0.29) is 6.04 Å². The van der Waals surface area contributed by atoms with E-state index in [1.54, 1.807) is 18.5 Å². The minimum absolute atomic E-state index is 0.212. The predicted octanol–water partition coefficient (Wildman–Crippen LogP) is 0.666. The van der Waals surface area contributed by atoms with Crippen LogP contribution in [0.4, 0.5) is 17.7 Å². The summed E-state index contributed by atoms with van der Waals surface area (Å²) in [4.78, 5) is 21.8. The molecule has 9 nitrogen and oxygen atoms in total. The Labute approximate surface area is 151 Å². The van der Waals surface area contributed by atoms with Crippen LogP contribution < -0.4 is 15.1 Å². The zero-order chi connectivity index (χ0) is 17.8. The van der Waals surface area contributed by atoms with Gasteiger partial charge in [0.25, 0.3) is 0 Å². The van der Waals surface area contributed by atoms with Crippen LogP contribution in [0.2, 0.25) is 0 Å². The van der Waals surface area contributed by atoms with Gasteiger partial charge in [0.1, 0.15) is 17.6 Å². The second kappa shape index (κ2) is 7.49. The van der Waals surface area contributed by atoms with Crippen molar-refractivity contribution in [1.29, 1.82) is 5.26 Å². The number of rotatable bonds is 4. The first-order chi connectivity index (χ1) is 12.8. The van der Waals surface area contributed by atoms with E-state index in [4.69, 9.17) is 10.00 Å². The van der Waals surface area contributed by atoms with Gasteiger partial charge < -0.3 is 19.9 Å². The molecule has 2 aliphatic heterocycles.